The molecular formula is C12H14N2O2S2. The lowest BCUT2D eigenvalue weighted by Gasteiger charge is -2.07. The molecular weight excluding hydrogens is 268 g/mol. The fourth-order valence-electron chi connectivity index (χ4n) is 1.31. The number of hydrogen-bond acceptors (Lipinski definition) is 5. The second-order valence-electron chi connectivity index (χ2n) is 4.00. The van der Waals surface area contributed by atoms with E-state index in [4.69, 9.17) is 5.11 Å². The third kappa shape index (κ3) is 3.16. The van der Waals surface area contributed by atoms with E-state index in [0.717, 1.165) is 9.88 Å². The third-order valence-electron chi connectivity index (χ3n) is 2.38. The SMILES string of the molecule is CC(CO)CNC(=O)c1cnc(-c2cccs2)s1. The van der Waals surface area contributed by atoms with Crippen LogP contribution in [0.25, 0.3) is 9.88 Å². The van der Waals surface area contributed by atoms with E-state index in [-0.39, 0.29) is 18.4 Å². The molecule has 1 atom stereocenters. The molecule has 2 aromatic rings. The Kier molecular flexibility index (Phi) is 4.46. The Balaban J connectivity index is 1.99. The summed E-state index contributed by atoms with van der Waals surface area (Å²) >= 11 is 2.99. The summed E-state index contributed by atoms with van der Waals surface area (Å²) in [6.07, 6.45) is 1.60. The van der Waals surface area contributed by atoms with Crippen LogP contribution in [0.5, 0.6) is 0 Å². The van der Waals surface area contributed by atoms with Crippen molar-refractivity contribution in [3.8, 4) is 9.88 Å². The Labute approximate surface area is 113 Å². The molecule has 0 aromatic carbocycles. The first-order valence-corrected chi connectivity index (χ1v) is 7.29. The minimum Gasteiger partial charge on any atom is -0.396 e. The first-order chi connectivity index (χ1) is 8.70. The molecule has 6 heteroatoms. The highest BCUT2D eigenvalue weighted by molar-refractivity contribution is 7.21. The van der Waals surface area contributed by atoms with E-state index >= 15 is 0 Å². The third-order valence-corrected chi connectivity index (χ3v) is 4.42. The Morgan fingerprint density at radius 1 is 1.61 bits per heavy atom. The molecule has 0 fully saturated rings. The number of amides is 1. The topological polar surface area (TPSA) is 62.2 Å². The summed E-state index contributed by atoms with van der Waals surface area (Å²) in [4.78, 5) is 17.7. The fraction of sp³-hybridized carbons (Fsp3) is 0.333. The van der Waals surface area contributed by atoms with E-state index in [2.05, 4.69) is 10.3 Å². The number of aromatic nitrogens is 1. The van der Waals surface area contributed by atoms with Gasteiger partial charge in [0.05, 0.1) is 11.1 Å². The van der Waals surface area contributed by atoms with Gasteiger partial charge in [-0.25, -0.2) is 4.98 Å². The molecule has 4 nitrogen and oxygen atoms in total. The number of aliphatic hydroxyl groups is 1. The van der Waals surface area contributed by atoms with Gasteiger partial charge in [0.2, 0.25) is 0 Å². The van der Waals surface area contributed by atoms with Gasteiger partial charge in [0.25, 0.3) is 5.91 Å². The van der Waals surface area contributed by atoms with Crippen LogP contribution in [0.2, 0.25) is 0 Å². The molecule has 0 saturated heterocycles. The summed E-state index contributed by atoms with van der Waals surface area (Å²) < 4.78 is 0. The molecule has 2 heterocycles. The van der Waals surface area contributed by atoms with Crippen molar-refractivity contribution in [2.24, 2.45) is 5.92 Å². The highest BCUT2D eigenvalue weighted by Gasteiger charge is 2.12. The van der Waals surface area contributed by atoms with Crippen molar-refractivity contribution < 1.29 is 9.90 Å². The van der Waals surface area contributed by atoms with Crippen molar-refractivity contribution >= 4 is 28.6 Å². The van der Waals surface area contributed by atoms with Gasteiger partial charge in [-0.3, -0.25) is 4.79 Å². The highest BCUT2D eigenvalue weighted by Crippen LogP contribution is 2.28. The summed E-state index contributed by atoms with van der Waals surface area (Å²) in [5, 5.41) is 14.5. The molecule has 1 unspecified atom stereocenters. The first-order valence-electron chi connectivity index (χ1n) is 5.59. The van der Waals surface area contributed by atoms with Crippen molar-refractivity contribution in [1.29, 1.82) is 0 Å². The van der Waals surface area contributed by atoms with Crippen LogP contribution < -0.4 is 5.32 Å². The van der Waals surface area contributed by atoms with Crippen LogP contribution in [0.1, 0.15) is 16.6 Å². The molecule has 0 aliphatic heterocycles. The lowest BCUT2D eigenvalue weighted by molar-refractivity contribution is 0.0946. The average molecular weight is 282 g/mol. The number of thiazole rings is 1. The molecule has 2 rings (SSSR count). The molecule has 2 N–H and O–H groups in total. The van der Waals surface area contributed by atoms with E-state index in [1.54, 1.807) is 17.5 Å². The van der Waals surface area contributed by atoms with E-state index in [1.807, 2.05) is 24.4 Å². The van der Waals surface area contributed by atoms with Crippen molar-refractivity contribution in [3.63, 3.8) is 0 Å². The number of hydrogen-bond donors (Lipinski definition) is 2. The van der Waals surface area contributed by atoms with Crippen LogP contribution in [0.4, 0.5) is 0 Å². The lowest BCUT2D eigenvalue weighted by Crippen LogP contribution is -2.28. The Hall–Kier alpha value is -1.24. The monoisotopic (exact) mass is 282 g/mol. The standard InChI is InChI=1S/C12H14N2O2S2/c1-8(7-15)5-13-11(16)10-6-14-12(18-10)9-3-2-4-17-9/h2-4,6,8,15H,5,7H2,1H3,(H,13,16). The van der Waals surface area contributed by atoms with Crippen LogP contribution in [-0.2, 0) is 0 Å². The van der Waals surface area contributed by atoms with Gasteiger partial charge in [-0.15, -0.1) is 22.7 Å². The van der Waals surface area contributed by atoms with Gasteiger partial charge in [-0.2, -0.15) is 0 Å². The van der Waals surface area contributed by atoms with Crippen LogP contribution in [0.3, 0.4) is 0 Å². The van der Waals surface area contributed by atoms with Gasteiger partial charge < -0.3 is 10.4 Å². The average Bonchev–Trinajstić information content (AvgIpc) is 3.04. The lowest BCUT2D eigenvalue weighted by atomic mass is 10.2. The normalized spacial score (nSPS) is 12.3. The van der Waals surface area contributed by atoms with Crippen molar-refractivity contribution in [3.05, 3.63) is 28.6 Å². The largest absolute Gasteiger partial charge is 0.396 e. The molecule has 2 aromatic heterocycles. The summed E-state index contributed by atoms with van der Waals surface area (Å²) in [7, 11) is 0. The number of thiophene rings is 1. The number of nitrogens with zero attached hydrogens (tertiary/aromatic N) is 1. The zero-order valence-electron chi connectivity index (χ0n) is 9.92. The molecule has 0 saturated carbocycles. The van der Waals surface area contributed by atoms with E-state index in [1.165, 1.54) is 11.3 Å². The van der Waals surface area contributed by atoms with Gasteiger partial charge >= 0.3 is 0 Å². The molecule has 0 radical (unpaired) electrons. The minimum absolute atomic E-state index is 0.0682. The highest BCUT2D eigenvalue weighted by atomic mass is 32.1. The zero-order chi connectivity index (χ0) is 13.0. The summed E-state index contributed by atoms with van der Waals surface area (Å²) in [5.74, 6) is -0.0609. The Morgan fingerprint density at radius 3 is 3.11 bits per heavy atom. The number of nitrogens with one attached hydrogen (secondary N) is 1. The maximum absolute atomic E-state index is 11.8. The molecule has 96 valence electrons. The number of carbonyl (C=O) groups excluding carboxylic acids is 1. The predicted octanol–water partition coefficient (Wildman–Crippen LogP) is 2.23. The maximum Gasteiger partial charge on any atom is 0.263 e. The smallest absolute Gasteiger partial charge is 0.263 e. The molecule has 0 spiro atoms. The Bertz CT molecular complexity index is 508. The van der Waals surface area contributed by atoms with Crippen LogP contribution in [0.15, 0.2) is 23.7 Å². The maximum atomic E-state index is 11.8. The van der Waals surface area contributed by atoms with E-state index in [0.29, 0.717) is 11.4 Å². The minimum atomic E-state index is -0.129. The van der Waals surface area contributed by atoms with Crippen molar-refractivity contribution in [2.75, 3.05) is 13.2 Å². The quantitative estimate of drug-likeness (QED) is 0.884. The van der Waals surface area contributed by atoms with Crippen LogP contribution in [0, 0.1) is 5.92 Å². The number of rotatable bonds is 5. The zero-order valence-corrected chi connectivity index (χ0v) is 11.6. The van der Waals surface area contributed by atoms with Gasteiger partial charge in [-0.1, -0.05) is 13.0 Å². The van der Waals surface area contributed by atoms with Crippen molar-refractivity contribution in [2.45, 2.75) is 6.92 Å². The molecule has 0 aliphatic carbocycles. The summed E-state index contributed by atoms with van der Waals surface area (Å²) in [6.45, 7) is 2.43. The molecule has 0 bridgehead atoms. The second-order valence-corrected chi connectivity index (χ2v) is 5.98. The number of carbonyl (C=O) groups is 1. The van der Waals surface area contributed by atoms with Gasteiger partial charge in [-0.05, 0) is 17.4 Å². The van der Waals surface area contributed by atoms with Crippen LogP contribution >= 0.6 is 22.7 Å². The Morgan fingerprint density at radius 2 is 2.44 bits per heavy atom. The predicted molar refractivity (Wildman–Crippen MR) is 74.0 cm³/mol. The first kappa shape index (κ1) is 13.2. The van der Waals surface area contributed by atoms with Crippen molar-refractivity contribution in [1.82, 2.24) is 10.3 Å². The molecule has 1 amide bonds. The summed E-state index contributed by atoms with van der Waals surface area (Å²) in [6, 6.07) is 3.95. The molecule has 18 heavy (non-hydrogen) atoms. The molecule has 0 aliphatic rings. The van der Waals surface area contributed by atoms with Gasteiger partial charge in [0.15, 0.2) is 0 Å². The summed E-state index contributed by atoms with van der Waals surface area (Å²) in [5.41, 5.74) is 0. The fourth-order valence-corrected chi connectivity index (χ4v) is 2.95. The van der Waals surface area contributed by atoms with E-state index < -0.39 is 0 Å². The van der Waals surface area contributed by atoms with Crippen LogP contribution in [-0.4, -0.2) is 29.1 Å². The second kappa shape index (κ2) is 6.08. The van der Waals surface area contributed by atoms with Gasteiger partial charge in [0.1, 0.15) is 9.88 Å². The van der Waals surface area contributed by atoms with E-state index in [9.17, 15) is 4.79 Å². The van der Waals surface area contributed by atoms with Gasteiger partial charge in [0, 0.05) is 13.2 Å². The number of aliphatic hydroxyl groups excluding tert-OH is 1.